The number of amides is 1. The molecule has 4 nitrogen and oxygen atoms in total. The van der Waals surface area contributed by atoms with E-state index in [1.54, 1.807) is 11.0 Å². The van der Waals surface area contributed by atoms with E-state index in [0.717, 1.165) is 10.9 Å². The number of hydrogen-bond donors (Lipinski definition) is 0. The van der Waals surface area contributed by atoms with Crippen LogP contribution in [0.25, 0.3) is 10.9 Å². The molecule has 0 saturated carbocycles. The minimum atomic E-state index is -0.0871. The standard InChI is InChI=1S/C14H13ClN2O2/c15-11-9-13(14(18)17-5-7-19-8-6-17)16-12-4-2-1-3-10(11)12/h1-4,9H,5-8H2. The monoisotopic (exact) mass is 276 g/mol. The first-order valence-corrected chi connectivity index (χ1v) is 6.56. The van der Waals surface area contributed by atoms with Crippen LogP contribution in [0.4, 0.5) is 0 Å². The van der Waals surface area contributed by atoms with Crippen LogP contribution >= 0.6 is 11.6 Å². The topological polar surface area (TPSA) is 42.4 Å². The van der Waals surface area contributed by atoms with Crippen molar-refractivity contribution in [2.75, 3.05) is 26.3 Å². The molecule has 0 radical (unpaired) electrons. The molecule has 5 heteroatoms. The average molecular weight is 277 g/mol. The molecule has 1 aliphatic heterocycles. The van der Waals surface area contributed by atoms with Gasteiger partial charge in [-0.05, 0) is 12.1 Å². The van der Waals surface area contributed by atoms with Gasteiger partial charge < -0.3 is 9.64 Å². The maximum absolute atomic E-state index is 12.3. The van der Waals surface area contributed by atoms with Gasteiger partial charge in [-0.25, -0.2) is 4.98 Å². The molecule has 1 aromatic carbocycles. The summed E-state index contributed by atoms with van der Waals surface area (Å²) in [5, 5.41) is 1.42. The molecule has 1 aliphatic rings. The Labute approximate surface area is 115 Å². The average Bonchev–Trinajstić information content (AvgIpc) is 2.47. The van der Waals surface area contributed by atoms with Gasteiger partial charge in [-0.15, -0.1) is 0 Å². The first kappa shape index (κ1) is 12.4. The first-order chi connectivity index (χ1) is 9.25. The molecule has 0 bridgehead atoms. The van der Waals surface area contributed by atoms with Crippen molar-refractivity contribution in [1.82, 2.24) is 9.88 Å². The Balaban J connectivity index is 1.98. The first-order valence-electron chi connectivity index (χ1n) is 6.18. The number of benzene rings is 1. The van der Waals surface area contributed by atoms with E-state index in [0.29, 0.717) is 37.0 Å². The second-order valence-corrected chi connectivity index (χ2v) is 4.82. The molecule has 1 amide bonds. The molecular formula is C14H13ClN2O2. The maximum Gasteiger partial charge on any atom is 0.272 e. The number of ether oxygens (including phenoxy) is 1. The van der Waals surface area contributed by atoms with Gasteiger partial charge in [0.1, 0.15) is 5.69 Å². The zero-order valence-electron chi connectivity index (χ0n) is 10.3. The minimum Gasteiger partial charge on any atom is -0.378 e. The summed E-state index contributed by atoms with van der Waals surface area (Å²) in [6.45, 7) is 2.36. The predicted molar refractivity (Wildman–Crippen MR) is 73.5 cm³/mol. The third-order valence-corrected chi connectivity index (χ3v) is 3.50. The highest BCUT2D eigenvalue weighted by molar-refractivity contribution is 6.35. The molecule has 98 valence electrons. The molecule has 2 aromatic rings. The number of hydrogen-bond acceptors (Lipinski definition) is 3. The third kappa shape index (κ3) is 2.41. The molecule has 0 atom stereocenters. The van der Waals surface area contributed by atoms with Gasteiger partial charge in [-0.2, -0.15) is 0 Å². The van der Waals surface area contributed by atoms with Crippen LogP contribution in [0.2, 0.25) is 5.02 Å². The molecular weight excluding hydrogens is 264 g/mol. The highest BCUT2D eigenvalue weighted by Crippen LogP contribution is 2.23. The van der Waals surface area contributed by atoms with Crippen LogP contribution in [0.1, 0.15) is 10.5 Å². The molecule has 3 rings (SSSR count). The van der Waals surface area contributed by atoms with Crippen LogP contribution in [-0.2, 0) is 4.74 Å². The lowest BCUT2D eigenvalue weighted by atomic mass is 10.2. The van der Waals surface area contributed by atoms with Gasteiger partial charge in [0, 0.05) is 18.5 Å². The fourth-order valence-corrected chi connectivity index (χ4v) is 2.43. The van der Waals surface area contributed by atoms with E-state index in [4.69, 9.17) is 16.3 Å². The summed E-state index contributed by atoms with van der Waals surface area (Å²) in [5.74, 6) is -0.0871. The van der Waals surface area contributed by atoms with E-state index in [9.17, 15) is 4.79 Å². The second kappa shape index (κ2) is 5.15. The van der Waals surface area contributed by atoms with Crippen LogP contribution in [0.3, 0.4) is 0 Å². The summed E-state index contributed by atoms with van der Waals surface area (Å²) in [5.41, 5.74) is 1.14. The molecule has 0 spiro atoms. The quantitative estimate of drug-likeness (QED) is 0.803. The molecule has 1 saturated heterocycles. The van der Waals surface area contributed by atoms with Crippen LogP contribution in [0, 0.1) is 0 Å². The summed E-state index contributed by atoms with van der Waals surface area (Å²) < 4.78 is 5.24. The Morgan fingerprint density at radius 2 is 2.00 bits per heavy atom. The van der Waals surface area contributed by atoms with Crippen molar-refractivity contribution in [3.63, 3.8) is 0 Å². The molecule has 2 heterocycles. The smallest absolute Gasteiger partial charge is 0.272 e. The lowest BCUT2D eigenvalue weighted by Gasteiger charge is -2.26. The number of rotatable bonds is 1. The van der Waals surface area contributed by atoms with Crippen molar-refractivity contribution in [2.45, 2.75) is 0 Å². The predicted octanol–water partition coefficient (Wildman–Crippen LogP) is 2.36. The molecule has 19 heavy (non-hydrogen) atoms. The van der Waals surface area contributed by atoms with Crippen molar-refractivity contribution in [3.05, 3.63) is 41.0 Å². The zero-order valence-corrected chi connectivity index (χ0v) is 11.1. The lowest BCUT2D eigenvalue weighted by molar-refractivity contribution is 0.0299. The Bertz CT molecular complexity index is 624. The van der Waals surface area contributed by atoms with Gasteiger partial charge in [0.15, 0.2) is 0 Å². The van der Waals surface area contributed by atoms with Crippen LogP contribution in [-0.4, -0.2) is 42.1 Å². The Kier molecular flexibility index (Phi) is 3.36. The number of carbonyl (C=O) groups is 1. The third-order valence-electron chi connectivity index (χ3n) is 3.18. The highest BCUT2D eigenvalue weighted by Gasteiger charge is 2.20. The Morgan fingerprint density at radius 3 is 2.79 bits per heavy atom. The van der Waals surface area contributed by atoms with Gasteiger partial charge >= 0.3 is 0 Å². The van der Waals surface area contributed by atoms with Gasteiger partial charge in [-0.1, -0.05) is 29.8 Å². The number of morpholine rings is 1. The van der Waals surface area contributed by atoms with Crippen molar-refractivity contribution >= 4 is 28.4 Å². The van der Waals surface area contributed by atoms with Gasteiger partial charge in [0.05, 0.1) is 23.8 Å². The van der Waals surface area contributed by atoms with E-state index >= 15 is 0 Å². The van der Waals surface area contributed by atoms with Crippen LogP contribution < -0.4 is 0 Å². The SMILES string of the molecule is O=C(c1cc(Cl)c2ccccc2n1)N1CCOCC1. The van der Waals surface area contributed by atoms with E-state index in [1.807, 2.05) is 24.3 Å². The van der Waals surface area contributed by atoms with E-state index in [1.165, 1.54) is 0 Å². The molecule has 0 aliphatic carbocycles. The second-order valence-electron chi connectivity index (χ2n) is 4.41. The highest BCUT2D eigenvalue weighted by atomic mass is 35.5. The number of pyridine rings is 1. The summed E-state index contributed by atoms with van der Waals surface area (Å²) >= 11 is 6.21. The van der Waals surface area contributed by atoms with E-state index < -0.39 is 0 Å². The van der Waals surface area contributed by atoms with Crippen molar-refractivity contribution in [2.24, 2.45) is 0 Å². The Hall–Kier alpha value is -1.65. The summed E-state index contributed by atoms with van der Waals surface area (Å²) in [6.07, 6.45) is 0. The molecule has 1 fully saturated rings. The number of carbonyl (C=O) groups excluding carboxylic acids is 1. The van der Waals surface area contributed by atoms with E-state index in [2.05, 4.69) is 4.98 Å². The normalized spacial score (nSPS) is 15.7. The fourth-order valence-electron chi connectivity index (χ4n) is 2.17. The summed E-state index contributed by atoms with van der Waals surface area (Å²) in [7, 11) is 0. The lowest BCUT2D eigenvalue weighted by Crippen LogP contribution is -2.41. The Morgan fingerprint density at radius 1 is 1.26 bits per heavy atom. The molecule has 0 unspecified atom stereocenters. The fraction of sp³-hybridized carbons (Fsp3) is 0.286. The van der Waals surface area contributed by atoms with Gasteiger partial charge in [0.25, 0.3) is 5.91 Å². The van der Waals surface area contributed by atoms with Crippen molar-refractivity contribution in [3.8, 4) is 0 Å². The van der Waals surface area contributed by atoms with Crippen molar-refractivity contribution < 1.29 is 9.53 Å². The zero-order chi connectivity index (χ0) is 13.2. The van der Waals surface area contributed by atoms with E-state index in [-0.39, 0.29) is 5.91 Å². The number of aromatic nitrogens is 1. The number of nitrogens with zero attached hydrogens (tertiary/aromatic N) is 2. The summed E-state index contributed by atoms with van der Waals surface area (Å²) in [6, 6.07) is 9.18. The van der Waals surface area contributed by atoms with Gasteiger partial charge in [-0.3, -0.25) is 4.79 Å². The van der Waals surface area contributed by atoms with Crippen LogP contribution in [0.15, 0.2) is 30.3 Å². The number of fused-ring (bicyclic) bond motifs is 1. The maximum atomic E-state index is 12.3. The minimum absolute atomic E-state index is 0.0871. The van der Waals surface area contributed by atoms with Gasteiger partial charge in [0.2, 0.25) is 0 Å². The van der Waals surface area contributed by atoms with Crippen LogP contribution in [0.5, 0.6) is 0 Å². The van der Waals surface area contributed by atoms with Crippen molar-refractivity contribution in [1.29, 1.82) is 0 Å². The number of para-hydroxylation sites is 1. The summed E-state index contributed by atoms with van der Waals surface area (Å²) in [4.78, 5) is 18.5. The largest absolute Gasteiger partial charge is 0.378 e. The number of halogens is 1. The molecule has 0 N–H and O–H groups in total. The molecule has 1 aromatic heterocycles.